The molecule has 0 saturated heterocycles. The largest absolute Gasteiger partial charge is 0.454 e. The van der Waals surface area contributed by atoms with Gasteiger partial charge in [0.25, 0.3) is 0 Å². The highest BCUT2D eigenvalue weighted by Gasteiger charge is 2.25. The first-order valence-electron chi connectivity index (χ1n) is 18.5. The van der Waals surface area contributed by atoms with Crippen LogP contribution in [0.3, 0.4) is 0 Å². The van der Waals surface area contributed by atoms with Gasteiger partial charge in [-0.2, -0.15) is 10.5 Å². The minimum Gasteiger partial charge on any atom is -0.454 e. The van der Waals surface area contributed by atoms with Crippen LogP contribution < -0.4 is 0 Å². The number of hydrogen-bond acceptors (Lipinski definition) is 4. The summed E-state index contributed by atoms with van der Waals surface area (Å²) in [6, 6.07) is 58.1. The third kappa shape index (κ3) is 4.02. The van der Waals surface area contributed by atoms with Crippen molar-refractivity contribution < 1.29 is 8.83 Å². The van der Waals surface area contributed by atoms with Gasteiger partial charge < -0.3 is 18.0 Å². The molecule has 0 spiro atoms. The van der Waals surface area contributed by atoms with E-state index in [1.807, 2.05) is 72.8 Å². The van der Waals surface area contributed by atoms with Crippen LogP contribution in [-0.4, -0.2) is 9.13 Å². The van der Waals surface area contributed by atoms with Crippen LogP contribution in [0.15, 0.2) is 167 Å². The van der Waals surface area contributed by atoms with E-state index >= 15 is 0 Å². The average molecular weight is 715 g/mol. The molecule has 0 aliphatic carbocycles. The van der Waals surface area contributed by atoms with Gasteiger partial charge in [0.05, 0.1) is 56.7 Å². The standard InChI is InChI=1S/C50H26N4O2/c51-27-29-17-23-43(53-41-13-5-1-9-31(41)35-19-21-37-33-11-3-7-15-45(33)55-49(37)47(35)53)39(25-29)40-26-30(28-52)18-24-44(40)54-42-14-6-2-10-32(42)36-20-22-38-34-12-4-8-16-46(34)56-50(38)48(36)54/h1-26H. The lowest BCUT2D eigenvalue weighted by atomic mass is 9.97. The quantitative estimate of drug-likeness (QED) is 0.182. The van der Waals surface area contributed by atoms with Gasteiger partial charge in [-0.3, -0.25) is 0 Å². The number of hydrogen-bond donors (Lipinski definition) is 0. The zero-order valence-electron chi connectivity index (χ0n) is 29.6. The molecule has 258 valence electrons. The van der Waals surface area contributed by atoms with Crippen LogP contribution in [0.5, 0.6) is 0 Å². The molecule has 6 nitrogen and oxygen atoms in total. The summed E-state index contributed by atoms with van der Waals surface area (Å²) in [5.74, 6) is 0. The van der Waals surface area contributed by atoms with Crippen molar-refractivity contribution in [2.75, 3.05) is 0 Å². The summed E-state index contributed by atoms with van der Waals surface area (Å²) in [7, 11) is 0. The van der Waals surface area contributed by atoms with E-state index in [1.165, 1.54) is 0 Å². The van der Waals surface area contributed by atoms with Crippen LogP contribution in [0.25, 0.3) is 110 Å². The second-order valence-corrected chi connectivity index (χ2v) is 14.3. The van der Waals surface area contributed by atoms with Crippen LogP contribution in [0.1, 0.15) is 11.1 Å². The molecule has 12 rings (SSSR count). The molecule has 0 fully saturated rings. The molecule has 4 heterocycles. The van der Waals surface area contributed by atoms with Crippen LogP contribution in [0.4, 0.5) is 0 Å². The van der Waals surface area contributed by atoms with Gasteiger partial charge in [0.1, 0.15) is 11.2 Å². The number of nitrogens with zero attached hydrogens (tertiary/aromatic N) is 4. The van der Waals surface area contributed by atoms with Crippen molar-refractivity contribution >= 4 is 87.5 Å². The number of fused-ring (bicyclic) bond motifs is 14. The average Bonchev–Trinajstić information content (AvgIpc) is 4.01. The fourth-order valence-electron chi connectivity index (χ4n) is 8.99. The summed E-state index contributed by atoms with van der Waals surface area (Å²) in [4.78, 5) is 0. The Balaban J connectivity index is 1.25. The predicted molar refractivity (Wildman–Crippen MR) is 225 cm³/mol. The Morgan fingerprint density at radius 2 is 0.768 bits per heavy atom. The van der Waals surface area contributed by atoms with Crippen molar-refractivity contribution in [1.29, 1.82) is 10.5 Å². The van der Waals surface area contributed by atoms with E-state index in [0.29, 0.717) is 11.1 Å². The number of para-hydroxylation sites is 4. The Bertz CT molecular complexity index is 3500. The number of furan rings is 2. The maximum Gasteiger partial charge on any atom is 0.160 e. The number of nitriles is 2. The molecule has 0 bridgehead atoms. The predicted octanol–water partition coefficient (Wildman–Crippen LogP) is 13.1. The molecule has 0 radical (unpaired) electrons. The smallest absolute Gasteiger partial charge is 0.160 e. The van der Waals surface area contributed by atoms with Gasteiger partial charge in [-0.1, -0.05) is 84.9 Å². The zero-order valence-corrected chi connectivity index (χ0v) is 29.6. The van der Waals surface area contributed by atoms with Gasteiger partial charge in [-0.05, 0) is 72.8 Å². The zero-order chi connectivity index (χ0) is 37.1. The lowest BCUT2D eigenvalue weighted by molar-refractivity contribution is 0.670. The normalized spacial score (nSPS) is 11.9. The molecule has 0 saturated carbocycles. The molecule has 0 N–H and O–H groups in total. The van der Waals surface area contributed by atoms with Crippen molar-refractivity contribution in [3.63, 3.8) is 0 Å². The van der Waals surface area contributed by atoms with Gasteiger partial charge >= 0.3 is 0 Å². The molecule has 12 aromatic rings. The van der Waals surface area contributed by atoms with Crippen LogP contribution in [-0.2, 0) is 0 Å². The minimum atomic E-state index is 0.508. The van der Waals surface area contributed by atoms with E-state index in [1.54, 1.807) is 0 Å². The van der Waals surface area contributed by atoms with Crippen molar-refractivity contribution in [2.45, 2.75) is 0 Å². The summed E-state index contributed by atoms with van der Waals surface area (Å²) in [6.45, 7) is 0. The van der Waals surface area contributed by atoms with Crippen LogP contribution in [0, 0.1) is 22.7 Å². The molecule has 4 aromatic heterocycles. The monoisotopic (exact) mass is 714 g/mol. The third-order valence-corrected chi connectivity index (χ3v) is 11.4. The van der Waals surface area contributed by atoms with E-state index in [-0.39, 0.29) is 0 Å². The Kier molecular flexibility index (Phi) is 6.10. The van der Waals surface area contributed by atoms with E-state index in [9.17, 15) is 10.5 Å². The second-order valence-electron chi connectivity index (χ2n) is 14.3. The van der Waals surface area contributed by atoms with Gasteiger partial charge in [-0.15, -0.1) is 0 Å². The minimum absolute atomic E-state index is 0.508. The highest BCUT2D eigenvalue weighted by Crippen LogP contribution is 2.46. The van der Waals surface area contributed by atoms with Crippen molar-refractivity contribution in [1.82, 2.24) is 9.13 Å². The lowest BCUT2D eigenvalue weighted by Crippen LogP contribution is -2.03. The summed E-state index contributed by atoms with van der Waals surface area (Å²) >= 11 is 0. The van der Waals surface area contributed by atoms with Gasteiger partial charge in [0, 0.05) is 54.2 Å². The number of aromatic nitrogens is 2. The van der Waals surface area contributed by atoms with Gasteiger partial charge in [0.2, 0.25) is 0 Å². The fraction of sp³-hybridized carbons (Fsp3) is 0. The van der Waals surface area contributed by atoms with Crippen molar-refractivity contribution in [3.05, 3.63) is 169 Å². The van der Waals surface area contributed by atoms with Gasteiger partial charge in [-0.25, -0.2) is 0 Å². The Hall–Kier alpha value is -8.06. The molecular weight excluding hydrogens is 689 g/mol. The summed E-state index contributed by atoms with van der Waals surface area (Å²) in [5.41, 5.74) is 11.4. The summed E-state index contributed by atoms with van der Waals surface area (Å²) < 4.78 is 17.9. The van der Waals surface area contributed by atoms with E-state index in [2.05, 4.69) is 106 Å². The van der Waals surface area contributed by atoms with Gasteiger partial charge in [0.15, 0.2) is 11.2 Å². The van der Waals surface area contributed by atoms with Crippen LogP contribution in [0.2, 0.25) is 0 Å². The fourth-order valence-corrected chi connectivity index (χ4v) is 8.99. The van der Waals surface area contributed by atoms with E-state index in [0.717, 1.165) is 110 Å². The third-order valence-electron chi connectivity index (χ3n) is 11.4. The number of benzene rings is 8. The Labute approximate surface area is 318 Å². The highest BCUT2D eigenvalue weighted by molar-refractivity contribution is 6.23. The molecule has 56 heavy (non-hydrogen) atoms. The molecule has 6 heteroatoms. The Morgan fingerprint density at radius 1 is 0.375 bits per heavy atom. The maximum absolute atomic E-state index is 10.4. The summed E-state index contributed by atoms with van der Waals surface area (Å²) in [5, 5.41) is 29.2. The van der Waals surface area contributed by atoms with Crippen LogP contribution >= 0.6 is 0 Å². The molecule has 0 atom stereocenters. The lowest BCUT2D eigenvalue weighted by Gasteiger charge is -2.19. The molecule has 8 aromatic carbocycles. The topological polar surface area (TPSA) is 83.7 Å². The Morgan fingerprint density at radius 3 is 1.21 bits per heavy atom. The molecule has 0 amide bonds. The van der Waals surface area contributed by atoms with E-state index in [4.69, 9.17) is 8.83 Å². The highest BCUT2D eigenvalue weighted by atomic mass is 16.3. The molecular formula is C50H26N4O2. The number of rotatable bonds is 3. The first kappa shape index (κ1) is 30.4. The second kappa shape index (κ2) is 11.2. The maximum atomic E-state index is 10.4. The van der Waals surface area contributed by atoms with E-state index < -0.39 is 0 Å². The molecule has 0 aliphatic rings. The van der Waals surface area contributed by atoms with Crippen molar-refractivity contribution in [3.8, 4) is 34.6 Å². The molecule has 0 aliphatic heterocycles. The first-order chi connectivity index (χ1) is 27.7. The first-order valence-corrected chi connectivity index (χ1v) is 18.5. The SMILES string of the molecule is N#Cc1ccc(-n2c3ccccc3c3ccc4c5ccccc5oc4c32)c(-c2cc(C#N)ccc2-n2c3ccccc3c3ccc4c5ccccc5oc4c32)c1. The van der Waals surface area contributed by atoms with Crippen molar-refractivity contribution in [2.24, 2.45) is 0 Å². The molecule has 0 unspecified atom stereocenters. The summed E-state index contributed by atoms with van der Waals surface area (Å²) in [6.07, 6.45) is 0.